The summed E-state index contributed by atoms with van der Waals surface area (Å²) in [4.78, 5) is 0. The molecule has 0 aromatic carbocycles. The van der Waals surface area contributed by atoms with Crippen molar-refractivity contribution in [2.45, 2.75) is 55.4 Å². The molecule has 0 fully saturated rings. The van der Waals surface area contributed by atoms with Crippen LogP contribution >= 0.6 is 0 Å². The van der Waals surface area contributed by atoms with E-state index in [4.69, 9.17) is 0 Å². The quantitative estimate of drug-likeness (QED) is 0.254. The molecular weight excluding hydrogens is 1090 g/mol. The summed E-state index contributed by atoms with van der Waals surface area (Å²) in [6, 6.07) is 0. The van der Waals surface area contributed by atoms with E-state index in [2.05, 4.69) is 27.7 Å². The molecule has 0 saturated heterocycles. The summed E-state index contributed by atoms with van der Waals surface area (Å²) < 4.78 is 0. The van der Waals surface area contributed by atoms with Crippen molar-refractivity contribution in [1.82, 2.24) is 0 Å². The van der Waals surface area contributed by atoms with E-state index < -0.39 is 5.41 Å². The topological polar surface area (TPSA) is 0 Å². The van der Waals surface area contributed by atoms with Crippen LogP contribution in [0.4, 0.5) is 0 Å². The van der Waals surface area contributed by atoms with Crippen molar-refractivity contribution in [3.05, 3.63) is 53.4 Å². The molecule has 0 spiro atoms. The molecule has 0 amide bonds. The zero-order valence-corrected chi connectivity index (χ0v) is 47.8. The minimum atomic E-state index is -0.500. The van der Waals surface area contributed by atoms with Gasteiger partial charge in [0.25, 0.3) is 0 Å². The average molecular weight is 1130 g/mol. The molecule has 0 atom stereocenters. The van der Waals surface area contributed by atoms with Crippen molar-refractivity contribution in [3.63, 3.8) is 0 Å². The van der Waals surface area contributed by atoms with E-state index in [0.717, 1.165) is 0 Å². The first-order valence-electron chi connectivity index (χ1n) is 6.03. The minimum Gasteiger partial charge on any atom is -0.584 e. The molecule has 0 heterocycles. The van der Waals surface area contributed by atoms with Gasteiger partial charge < -0.3 is 58.8 Å². The van der Waals surface area contributed by atoms with Crippen LogP contribution in [0.15, 0.2) is 0 Å². The molecule has 10 radical (unpaired) electrons. The second-order valence-electron chi connectivity index (χ2n) is 3.81. The Labute approximate surface area is 428 Å². The van der Waals surface area contributed by atoms with Gasteiger partial charge in [-0.05, 0) is 0 Å². The largest absolute Gasteiger partial charge is 0.584 e. The summed E-state index contributed by atoms with van der Waals surface area (Å²) in [5.74, 6) is 0. The molecule has 27 heavy (non-hydrogen) atoms. The van der Waals surface area contributed by atoms with E-state index in [-0.39, 0.29) is 327 Å². The molecule has 0 aliphatic carbocycles. The zero-order valence-electron chi connectivity index (χ0n) is 19.4. The maximum Gasteiger partial charge on any atom is 0 e. The van der Waals surface area contributed by atoms with Crippen LogP contribution in [0.2, 0.25) is 0 Å². The third-order valence-corrected chi connectivity index (χ3v) is 0. The second kappa shape index (κ2) is 109. The van der Waals surface area contributed by atoms with Gasteiger partial charge in [0.2, 0.25) is 0 Å². The predicted octanol–water partition coefficient (Wildman–Crippen LogP) is 6.21. The summed E-state index contributed by atoms with van der Waals surface area (Å²) in [6.45, 7) is 29.8. The van der Waals surface area contributed by atoms with Crippen LogP contribution in [0, 0.1) is 58.8 Å². The van der Waals surface area contributed by atoms with Crippen molar-refractivity contribution in [1.29, 1.82) is 0 Å². The molecule has 0 aliphatic heterocycles. The molecule has 0 bridgehead atoms. The van der Waals surface area contributed by atoms with Gasteiger partial charge in [0.05, 0.1) is 0 Å². The van der Waals surface area contributed by atoms with Gasteiger partial charge >= 0.3 is 0 Å². The van der Waals surface area contributed by atoms with Crippen molar-refractivity contribution < 1.29 is 327 Å². The maximum absolute atomic E-state index is 3.44. The SMILES string of the molecule is C[CH-]C.C[CH-]C.C[CH-]C.C[CH-]C.[CH2-]C([CH2-])([CH2-])[CH2-].[Y].[Y].[Y].[Y].[Y].[Y].[Y].[Y].[Y].[Y]. The monoisotopic (exact) mass is 1130 g/mol. The zero-order chi connectivity index (χ0) is 15.3. The van der Waals surface area contributed by atoms with Crippen LogP contribution in [0.1, 0.15) is 55.4 Å². The fourth-order valence-corrected chi connectivity index (χ4v) is 0. The van der Waals surface area contributed by atoms with E-state index >= 15 is 0 Å². The van der Waals surface area contributed by atoms with Crippen molar-refractivity contribution in [2.24, 2.45) is 5.41 Å². The Morgan fingerprint density at radius 2 is 0.333 bits per heavy atom. The van der Waals surface area contributed by atoms with Crippen LogP contribution in [-0.2, 0) is 327 Å². The van der Waals surface area contributed by atoms with Gasteiger partial charge in [0.1, 0.15) is 0 Å². The Kier molecular flexibility index (Phi) is 396. The molecule has 0 aromatic rings. The van der Waals surface area contributed by atoms with Gasteiger partial charge in [-0.25, -0.2) is 0 Å². The smallest absolute Gasteiger partial charge is 0 e. The normalized spacial score (nSPS) is 4.89. The van der Waals surface area contributed by atoms with Crippen LogP contribution in [0.25, 0.3) is 0 Å². The number of rotatable bonds is 0. The number of hydrogen-bond acceptors (Lipinski definition) is 0. The van der Waals surface area contributed by atoms with Crippen LogP contribution in [0.3, 0.4) is 0 Å². The Morgan fingerprint density at radius 3 is 0.333 bits per heavy atom. The van der Waals surface area contributed by atoms with Gasteiger partial charge in [-0.1, -0.05) is 0 Å². The fourth-order valence-electron chi connectivity index (χ4n) is 0. The first-order chi connectivity index (χ1) is 7.66. The minimum absolute atomic E-state index is 0. The van der Waals surface area contributed by atoms with E-state index in [1.807, 2.05) is 81.1 Å². The molecule has 142 valence electrons. The second-order valence-corrected chi connectivity index (χ2v) is 3.81. The Morgan fingerprint density at radius 1 is 0.333 bits per heavy atom. The Hall–Kier alpha value is 11.0. The molecule has 0 aliphatic rings. The Balaban J connectivity index is -0.00000000476. The first kappa shape index (κ1) is 98.3. The maximum atomic E-state index is 3.44. The predicted molar refractivity (Wildman–Crippen MR) is 86.5 cm³/mol. The third kappa shape index (κ3) is 373. The molecular formula is C17H36Y10-8. The van der Waals surface area contributed by atoms with E-state index in [0.29, 0.717) is 0 Å². The van der Waals surface area contributed by atoms with Crippen LogP contribution in [-0.4, -0.2) is 0 Å². The molecule has 10 heteroatoms. The number of hydrogen-bond donors (Lipinski definition) is 0. The summed E-state index contributed by atoms with van der Waals surface area (Å²) in [5.41, 5.74) is -0.500. The molecule has 0 nitrogen and oxygen atoms in total. The average Bonchev–Trinajstić information content (AvgIpc) is 2.04. The van der Waals surface area contributed by atoms with Crippen LogP contribution in [0.5, 0.6) is 0 Å². The summed E-state index contributed by atoms with van der Waals surface area (Å²) in [7, 11) is 0. The van der Waals surface area contributed by atoms with Gasteiger partial charge in [-0.15, -0.1) is 0 Å². The van der Waals surface area contributed by atoms with Gasteiger partial charge in [-0.2, -0.15) is 55.4 Å². The van der Waals surface area contributed by atoms with Crippen LogP contribution < -0.4 is 0 Å². The van der Waals surface area contributed by atoms with E-state index in [1.54, 1.807) is 0 Å². The fraction of sp³-hybridized carbons (Fsp3) is 0.529. The van der Waals surface area contributed by atoms with Crippen molar-refractivity contribution in [2.75, 3.05) is 0 Å². The van der Waals surface area contributed by atoms with Gasteiger partial charge in [0, 0.05) is 327 Å². The molecule has 0 aromatic heterocycles. The van der Waals surface area contributed by atoms with Crippen molar-refractivity contribution >= 4 is 0 Å². The van der Waals surface area contributed by atoms with Gasteiger partial charge in [0.15, 0.2) is 0 Å². The standard InChI is InChI=1S/C5H8.4C3H7.10Y/c1-5(2,3)4;4*1-3-2;;;;;;;;;;/h1-4H2;4*3H,1-2H3;;;;;;;;;;/q-4;4*-1;;;;;;;;;;. The molecule has 0 N–H and O–H groups in total. The third-order valence-electron chi connectivity index (χ3n) is 0. The summed E-state index contributed by atoms with van der Waals surface area (Å²) in [6.07, 6.45) is 8.00. The Bertz CT molecular complexity index is 68.6. The molecule has 0 saturated carbocycles. The molecule has 0 rings (SSSR count). The van der Waals surface area contributed by atoms with E-state index in [9.17, 15) is 0 Å². The summed E-state index contributed by atoms with van der Waals surface area (Å²) in [5, 5.41) is 0. The van der Waals surface area contributed by atoms with Gasteiger partial charge in [-0.3, -0.25) is 0 Å². The summed E-state index contributed by atoms with van der Waals surface area (Å²) >= 11 is 0. The molecule has 0 unspecified atom stereocenters. The van der Waals surface area contributed by atoms with Crippen molar-refractivity contribution in [3.8, 4) is 0 Å². The van der Waals surface area contributed by atoms with E-state index in [1.165, 1.54) is 0 Å². The first-order valence-corrected chi connectivity index (χ1v) is 6.03.